The van der Waals surface area contributed by atoms with Crippen LogP contribution in [-0.2, 0) is 6.42 Å². The van der Waals surface area contributed by atoms with Gasteiger partial charge in [-0.05, 0) is 43.4 Å². The molecule has 19 heavy (non-hydrogen) atoms. The monoisotopic (exact) mass is 274 g/mol. The normalized spacial score (nSPS) is 28.3. The highest BCUT2D eigenvalue weighted by molar-refractivity contribution is 5.32. The second kappa shape index (κ2) is 5.00. The number of nitrogens with zero attached hydrogens (tertiary/aromatic N) is 1. The molecular weight excluding hydrogens is 257 g/mol. The minimum Gasteiger partial charge on any atom is -0.390 e. The van der Waals surface area contributed by atoms with E-state index in [1.807, 2.05) is 0 Å². The molecule has 0 radical (unpaired) electrons. The molecule has 0 amide bonds. The summed E-state index contributed by atoms with van der Waals surface area (Å²) in [5, 5.41) is 10.4. The fourth-order valence-electron chi connectivity index (χ4n) is 2.76. The first-order chi connectivity index (χ1) is 8.78. The summed E-state index contributed by atoms with van der Waals surface area (Å²) in [5.74, 6) is -1.10. The first kappa shape index (κ1) is 14.1. The maximum atomic E-state index is 12.7. The highest BCUT2D eigenvalue weighted by Crippen LogP contribution is 2.42. The molecule has 0 aliphatic heterocycles. The summed E-state index contributed by atoms with van der Waals surface area (Å²) < 4.78 is 38.2. The molecule has 0 saturated heterocycles. The van der Waals surface area contributed by atoms with Gasteiger partial charge >= 0.3 is 6.18 Å². The lowest BCUT2D eigenvalue weighted by Crippen LogP contribution is -2.41. The fraction of sp³-hybridized carbons (Fsp3) is 0.615. The molecule has 0 aromatic carbocycles. The summed E-state index contributed by atoms with van der Waals surface area (Å²) >= 11 is 0. The molecule has 2 rings (SSSR count). The third-order valence-corrected chi connectivity index (χ3v) is 3.66. The van der Waals surface area contributed by atoms with Gasteiger partial charge in [-0.2, -0.15) is 13.2 Å². The van der Waals surface area contributed by atoms with Gasteiger partial charge in [0, 0.05) is 12.6 Å². The van der Waals surface area contributed by atoms with Crippen molar-refractivity contribution in [1.29, 1.82) is 0 Å². The lowest BCUT2D eigenvalue weighted by atomic mass is 9.75. The Morgan fingerprint density at radius 3 is 2.84 bits per heavy atom. The van der Waals surface area contributed by atoms with Crippen LogP contribution in [0.25, 0.3) is 0 Å². The van der Waals surface area contributed by atoms with Crippen LogP contribution < -0.4 is 5.73 Å². The minimum atomic E-state index is -4.23. The van der Waals surface area contributed by atoms with E-state index in [4.69, 9.17) is 5.73 Å². The van der Waals surface area contributed by atoms with Crippen molar-refractivity contribution in [3.63, 3.8) is 0 Å². The molecule has 1 heterocycles. The van der Waals surface area contributed by atoms with Crippen molar-refractivity contribution in [2.24, 2.45) is 5.92 Å². The number of hydrogen-bond donors (Lipinski definition) is 2. The summed E-state index contributed by atoms with van der Waals surface area (Å²) in [6, 6.07) is 3.26. The highest BCUT2D eigenvalue weighted by atomic mass is 19.4. The van der Waals surface area contributed by atoms with Crippen LogP contribution >= 0.6 is 0 Å². The summed E-state index contributed by atoms with van der Waals surface area (Å²) in [6.07, 6.45) is -1.90. The Morgan fingerprint density at radius 2 is 2.21 bits per heavy atom. The zero-order valence-corrected chi connectivity index (χ0v) is 10.5. The van der Waals surface area contributed by atoms with E-state index in [1.165, 1.54) is 6.20 Å². The second-order valence-electron chi connectivity index (χ2n) is 5.32. The zero-order valence-electron chi connectivity index (χ0n) is 10.5. The number of nitrogens with two attached hydrogens (primary N) is 1. The topological polar surface area (TPSA) is 59.1 Å². The van der Waals surface area contributed by atoms with E-state index in [1.54, 1.807) is 12.1 Å². The summed E-state index contributed by atoms with van der Waals surface area (Å²) in [5.41, 5.74) is 4.95. The van der Waals surface area contributed by atoms with Crippen molar-refractivity contribution >= 4 is 5.82 Å². The van der Waals surface area contributed by atoms with E-state index in [0.717, 1.165) is 5.56 Å². The smallest absolute Gasteiger partial charge is 0.390 e. The van der Waals surface area contributed by atoms with Crippen molar-refractivity contribution in [1.82, 2.24) is 4.98 Å². The first-order valence-electron chi connectivity index (χ1n) is 6.28. The molecule has 1 aromatic rings. The molecule has 2 unspecified atom stereocenters. The molecule has 6 heteroatoms. The molecule has 106 valence electrons. The average molecular weight is 274 g/mol. The summed E-state index contributed by atoms with van der Waals surface area (Å²) in [6.45, 7) is 0. The largest absolute Gasteiger partial charge is 0.391 e. The molecule has 1 fully saturated rings. The third-order valence-electron chi connectivity index (χ3n) is 3.66. The van der Waals surface area contributed by atoms with Crippen molar-refractivity contribution in [2.75, 3.05) is 5.73 Å². The molecule has 0 spiro atoms. The summed E-state index contributed by atoms with van der Waals surface area (Å²) in [4.78, 5) is 3.83. The number of halogens is 3. The van der Waals surface area contributed by atoms with Gasteiger partial charge in [0.2, 0.25) is 0 Å². The van der Waals surface area contributed by atoms with Gasteiger partial charge in [0.05, 0.1) is 11.5 Å². The van der Waals surface area contributed by atoms with Crippen LogP contribution in [0.5, 0.6) is 0 Å². The van der Waals surface area contributed by atoms with Crippen LogP contribution in [0.4, 0.5) is 19.0 Å². The predicted octanol–water partition coefficient (Wildman–Crippen LogP) is 2.69. The third kappa shape index (κ3) is 3.59. The highest BCUT2D eigenvalue weighted by Gasteiger charge is 2.46. The SMILES string of the molecule is Nc1cc(CC2(O)CCCC(C(F)(F)F)C2)ccn1. The van der Waals surface area contributed by atoms with Crippen LogP contribution in [-0.4, -0.2) is 21.9 Å². The van der Waals surface area contributed by atoms with Crippen LogP contribution in [0, 0.1) is 5.92 Å². The molecular formula is C13H17F3N2O. The number of rotatable bonds is 2. The van der Waals surface area contributed by atoms with Crippen LogP contribution in [0.1, 0.15) is 31.2 Å². The molecule has 2 atom stereocenters. The van der Waals surface area contributed by atoms with Gasteiger partial charge in [0.1, 0.15) is 5.82 Å². The molecule has 1 aromatic heterocycles. The zero-order chi connectivity index (χ0) is 14.1. The van der Waals surface area contributed by atoms with Gasteiger partial charge < -0.3 is 10.8 Å². The van der Waals surface area contributed by atoms with Crippen LogP contribution in [0.15, 0.2) is 18.3 Å². The Balaban J connectivity index is 2.10. The van der Waals surface area contributed by atoms with Gasteiger partial charge in [-0.15, -0.1) is 0 Å². The predicted molar refractivity (Wildman–Crippen MR) is 65.3 cm³/mol. The van der Waals surface area contributed by atoms with Crippen molar-refractivity contribution in [3.8, 4) is 0 Å². The standard InChI is InChI=1S/C13H17F3N2O/c14-13(15,16)10-2-1-4-12(19,8-10)7-9-3-5-18-11(17)6-9/h3,5-6,10,19H,1-2,4,7-8H2,(H2,17,18). The van der Waals surface area contributed by atoms with E-state index in [2.05, 4.69) is 4.98 Å². The number of alkyl halides is 3. The lowest BCUT2D eigenvalue weighted by molar-refractivity contribution is -0.200. The number of hydrogen-bond acceptors (Lipinski definition) is 3. The van der Waals surface area contributed by atoms with E-state index >= 15 is 0 Å². The second-order valence-corrected chi connectivity index (χ2v) is 5.32. The van der Waals surface area contributed by atoms with E-state index < -0.39 is 17.7 Å². The van der Waals surface area contributed by atoms with E-state index in [9.17, 15) is 18.3 Å². The first-order valence-corrected chi connectivity index (χ1v) is 6.28. The van der Waals surface area contributed by atoms with Gasteiger partial charge in [-0.25, -0.2) is 4.98 Å². The van der Waals surface area contributed by atoms with Gasteiger partial charge in [-0.1, -0.05) is 0 Å². The number of nitrogen functional groups attached to an aromatic ring is 1. The van der Waals surface area contributed by atoms with Crippen LogP contribution in [0.3, 0.4) is 0 Å². The Hall–Kier alpha value is -1.30. The van der Waals surface area contributed by atoms with Gasteiger partial charge in [0.25, 0.3) is 0 Å². The molecule has 1 aliphatic carbocycles. The van der Waals surface area contributed by atoms with Crippen molar-refractivity contribution < 1.29 is 18.3 Å². The Labute approximate surface area is 109 Å². The average Bonchev–Trinajstić information content (AvgIpc) is 2.27. The Bertz CT molecular complexity index is 450. The Kier molecular flexibility index (Phi) is 3.71. The summed E-state index contributed by atoms with van der Waals surface area (Å²) in [7, 11) is 0. The van der Waals surface area contributed by atoms with Crippen molar-refractivity contribution in [3.05, 3.63) is 23.9 Å². The molecule has 3 N–H and O–H groups in total. The Morgan fingerprint density at radius 1 is 1.47 bits per heavy atom. The van der Waals surface area contributed by atoms with Gasteiger partial charge in [-0.3, -0.25) is 0 Å². The molecule has 1 saturated carbocycles. The minimum absolute atomic E-state index is 0.101. The molecule has 1 aliphatic rings. The number of aliphatic hydroxyl groups is 1. The number of aromatic nitrogens is 1. The molecule has 3 nitrogen and oxygen atoms in total. The van der Waals surface area contributed by atoms with E-state index in [0.29, 0.717) is 18.7 Å². The number of pyridine rings is 1. The number of anilines is 1. The fourth-order valence-corrected chi connectivity index (χ4v) is 2.76. The van der Waals surface area contributed by atoms with E-state index in [-0.39, 0.29) is 19.3 Å². The maximum Gasteiger partial charge on any atom is 0.391 e. The lowest BCUT2D eigenvalue weighted by Gasteiger charge is -2.37. The van der Waals surface area contributed by atoms with Crippen molar-refractivity contribution in [2.45, 2.75) is 43.9 Å². The van der Waals surface area contributed by atoms with Crippen LogP contribution in [0.2, 0.25) is 0 Å². The molecule has 0 bridgehead atoms. The quantitative estimate of drug-likeness (QED) is 0.871. The maximum absolute atomic E-state index is 12.7. The van der Waals surface area contributed by atoms with Gasteiger partial charge in [0.15, 0.2) is 0 Å².